The molecule has 1 aromatic carbocycles. The molecule has 1 aromatic rings. The lowest BCUT2D eigenvalue weighted by Crippen LogP contribution is -1.97. The van der Waals surface area contributed by atoms with Crippen LogP contribution in [0.5, 0.6) is 11.5 Å². The van der Waals surface area contributed by atoms with Gasteiger partial charge in [0.15, 0.2) is 11.5 Å². The summed E-state index contributed by atoms with van der Waals surface area (Å²) in [5, 5.41) is 0. The fraction of sp³-hybridized carbons (Fsp3) is 0.231. The van der Waals surface area contributed by atoms with Crippen molar-refractivity contribution in [1.82, 2.24) is 0 Å². The van der Waals surface area contributed by atoms with E-state index in [0.29, 0.717) is 0 Å². The van der Waals surface area contributed by atoms with Gasteiger partial charge in [-0.15, -0.1) is 0 Å². The third-order valence-electron chi connectivity index (χ3n) is 2.53. The Morgan fingerprint density at radius 1 is 1.07 bits per heavy atom. The summed E-state index contributed by atoms with van der Waals surface area (Å²) in [7, 11) is 3.34. The van der Waals surface area contributed by atoms with Crippen LogP contribution in [-0.2, 0) is 6.42 Å². The lowest BCUT2D eigenvalue weighted by molar-refractivity contribution is 0.352. The fourth-order valence-corrected chi connectivity index (χ4v) is 1.80. The molecule has 0 N–H and O–H groups in total. The molecule has 0 fully saturated rings. The molecule has 0 bridgehead atoms. The van der Waals surface area contributed by atoms with Crippen LogP contribution in [0.3, 0.4) is 0 Å². The first-order valence-corrected chi connectivity index (χ1v) is 4.94. The summed E-state index contributed by atoms with van der Waals surface area (Å²) in [6, 6.07) is 3.99. The van der Waals surface area contributed by atoms with Gasteiger partial charge >= 0.3 is 0 Å². The van der Waals surface area contributed by atoms with E-state index in [0.717, 1.165) is 17.9 Å². The standard InChI is InChI=1S/C13H14O2/c1-14-12-9-8-10-6-4-3-5-7-11(10)13(12)15-2/h3-6,8-9H,7H2,1-2H3. The Hall–Kier alpha value is -1.70. The van der Waals surface area contributed by atoms with E-state index in [4.69, 9.17) is 9.47 Å². The first-order valence-electron chi connectivity index (χ1n) is 4.94. The maximum Gasteiger partial charge on any atom is 0.164 e. The van der Waals surface area contributed by atoms with Gasteiger partial charge in [-0.1, -0.05) is 30.4 Å². The molecule has 0 aliphatic heterocycles. The van der Waals surface area contributed by atoms with Gasteiger partial charge in [0.25, 0.3) is 0 Å². The van der Waals surface area contributed by atoms with E-state index in [1.165, 1.54) is 11.1 Å². The number of benzene rings is 1. The van der Waals surface area contributed by atoms with Crippen LogP contribution in [0.2, 0.25) is 0 Å². The van der Waals surface area contributed by atoms with Gasteiger partial charge in [-0.05, 0) is 18.1 Å². The number of methoxy groups -OCH3 is 2. The van der Waals surface area contributed by atoms with Crippen molar-refractivity contribution in [3.63, 3.8) is 0 Å². The normalized spacial score (nSPS) is 13.2. The third kappa shape index (κ3) is 1.75. The highest BCUT2D eigenvalue weighted by molar-refractivity contribution is 5.64. The minimum Gasteiger partial charge on any atom is -0.493 e. The van der Waals surface area contributed by atoms with E-state index in [-0.39, 0.29) is 0 Å². The van der Waals surface area contributed by atoms with Gasteiger partial charge < -0.3 is 9.47 Å². The molecule has 1 aliphatic carbocycles. The second-order valence-electron chi connectivity index (χ2n) is 3.36. The Balaban J connectivity index is 2.58. The zero-order valence-corrected chi connectivity index (χ0v) is 8.99. The first-order chi connectivity index (χ1) is 7.36. The van der Waals surface area contributed by atoms with Crippen LogP contribution in [-0.4, -0.2) is 14.2 Å². The molecule has 1 aliphatic rings. The molecule has 2 heteroatoms. The second-order valence-corrected chi connectivity index (χ2v) is 3.36. The number of fused-ring (bicyclic) bond motifs is 1. The van der Waals surface area contributed by atoms with E-state index < -0.39 is 0 Å². The SMILES string of the molecule is COc1ccc2c(c1OC)CC=CC=C2. The van der Waals surface area contributed by atoms with Crippen molar-refractivity contribution in [3.05, 3.63) is 41.5 Å². The van der Waals surface area contributed by atoms with Gasteiger partial charge in [-0.25, -0.2) is 0 Å². The number of allylic oxidation sites excluding steroid dienone is 3. The summed E-state index contributed by atoms with van der Waals surface area (Å²) in [5.74, 6) is 1.63. The third-order valence-corrected chi connectivity index (χ3v) is 2.53. The topological polar surface area (TPSA) is 18.5 Å². The Morgan fingerprint density at radius 3 is 2.67 bits per heavy atom. The molecular formula is C13H14O2. The molecule has 0 aromatic heterocycles. The van der Waals surface area contributed by atoms with Gasteiger partial charge in [0.05, 0.1) is 14.2 Å². The van der Waals surface area contributed by atoms with Crippen LogP contribution in [0, 0.1) is 0 Å². The van der Waals surface area contributed by atoms with Crippen molar-refractivity contribution in [2.24, 2.45) is 0 Å². The molecule has 0 spiro atoms. The van der Waals surface area contributed by atoms with Gasteiger partial charge in [-0.3, -0.25) is 0 Å². The summed E-state index contributed by atoms with van der Waals surface area (Å²) in [5.41, 5.74) is 2.37. The highest BCUT2D eigenvalue weighted by Gasteiger charge is 2.12. The molecule has 78 valence electrons. The van der Waals surface area contributed by atoms with Crippen molar-refractivity contribution >= 4 is 6.08 Å². The smallest absolute Gasteiger partial charge is 0.164 e. The maximum absolute atomic E-state index is 5.40. The van der Waals surface area contributed by atoms with E-state index in [1.807, 2.05) is 18.2 Å². The zero-order valence-electron chi connectivity index (χ0n) is 8.99. The average molecular weight is 202 g/mol. The van der Waals surface area contributed by atoms with Crippen LogP contribution in [0.1, 0.15) is 11.1 Å². The molecule has 15 heavy (non-hydrogen) atoms. The Kier molecular flexibility index (Phi) is 2.77. The molecule has 0 amide bonds. The molecule has 0 saturated carbocycles. The fourth-order valence-electron chi connectivity index (χ4n) is 1.80. The summed E-state index contributed by atoms with van der Waals surface area (Å²) in [6.07, 6.45) is 9.16. The number of hydrogen-bond acceptors (Lipinski definition) is 2. The van der Waals surface area contributed by atoms with E-state index in [1.54, 1.807) is 14.2 Å². The zero-order chi connectivity index (χ0) is 10.7. The number of hydrogen-bond donors (Lipinski definition) is 0. The molecule has 0 atom stereocenters. The van der Waals surface area contributed by atoms with Crippen molar-refractivity contribution in [2.45, 2.75) is 6.42 Å². The predicted molar refractivity (Wildman–Crippen MR) is 61.4 cm³/mol. The van der Waals surface area contributed by atoms with Gasteiger partial charge in [0.2, 0.25) is 0 Å². The minimum absolute atomic E-state index is 0.792. The first kappa shape index (κ1) is 9.84. The number of rotatable bonds is 2. The summed E-state index contributed by atoms with van der Waals surface area (Å²) >= 11 is 0. The van der Waals surface area contributed by atoms with Crippen molar-refractivity contribution in [1.29, 1.82) is 0 Å². The summed E-state index contributed by atoms with van der Waals surface area (Å²) in [6.45, 7) is 0. The monoisotopic (exact) mass is 202 g/mol. The Morgan fingerprint density at radius 2 is 1.93 bits per heavy atom. The van der Waals surface area contributed by atoms with Crippen molar-refractivity contribution in [2.75, 3.05) is 14.2 Å². The lowest BCUT2D eigenvalue weighted by Gasteiger charge is -2.13. The second kappa shape index (κ2) is 4.22. The number of ether oxygens (including phenoxy) is 2. The Labute approximate surface area is 89.8 Å². The van der Waals surface area contributed by atoms with Gasteiger partial charge in [0.1, 0.15) is 0 Å². The molecule has 2 rings (SSSR count). The van der Waals surface area contributed by atoms with E-state index in [2.05, 4.69) is 18.2 Å². The molecule has 0 unspecified atom stereocenters. The Bertz CT molecular complexity index is 417. The summed E-state index contributed by atoms with van der Waals surface area (Å²) < 4.78 is 10.7. The van der Waals surface area contributed by atoms with Crippen LogP contribution < -0.4 is 9.47 Å². The molecule has 0 saturated heterocycles. The van der Waals surface area contributed by atoms with Crippen LogP contribution in [0.4, 0.5) is 0 Å². The van der Waals surface area contributed by atoms with Crippen LogP contribution in [0.25, 0.3) is 6.08 Å². The maximum atomic E-state index is 5.40. The highest BCUT2D eigenvalue weighted by Crippen LogP contribution is 2.35. The van der Waals surface area contributed by atoms with Crippen molar-refractivity contribution in [3.8, 4) is 11.5 Å². The van der Waals surface area contributed by atoms with Crippen molar-refractivity contribution < 1.29 is 9.47 Å². The van der Waals surface area contributed by atoms with Crippen LogP contribution in [0.15, 0.2) is 30.4 Å². The minimum atomic E-state index is 0.792. The molecule has 2 nitrogen and oxygen atoms in total. The predicted octanol–water partition coefficient (Wildman–Crippen LogP) is 2.83. The highest BCUT2D eigenvalue weighted by atomic mass is 16.5. The quantitative estimate of drug-likeness (QED) is 0.734. The summed E-state index contributed by atoms with van der Waals surface area (Å²) in [4.78, 5) is 0. The lowest BCUT2D eigenvalue weighted by atomic mass is 10.0. The molecule has 0 heterocycles. The van der Waals surface area contributed by atoms with Gasteiger partial charge in [0, 0.05) is 5.56 Å². The molecular weight excluding hydrogens is 188 g/mol. The van der Waals surface area contributed by atoms with Gasteiger partial charge in [-0.2, -0.15) is 0 Å². The van der Waals surface area contributed by atoms with E-state index >= 15 is 0 Å². The van der Waals surface area contributed by atoms with E-state index in [9.17, 15) is 0 Å². The van der Waals surface area contributed by atoms with Crippen LogP contribution >= 0.6 is 0 Å². The average Bonchev–Trinajstić information content (AvgIpc) is 2.52. The molecule has 0 radical (unpaired) electrons. The largest absolute Gasteiger partial charge is 0.493 e.